The Labute approximate surface area is 153 Å². The highest BCUT2D eigenvalue weighted by Crippen LogP contribution is 2.19. The number of nitrogens with zero attached hydrogens (tertiary/aromatic N) is 5. The summed E-state index contributed by atoms with van der Waals surface area (Å²) in [5.41, 5.74) is 6.29. The summed E-state index contributed by atoms with van der Waals surface area (Å²) in [5.74, 6) is 0.191. The number of amides is 1. The molecule has 1 aromatic carbocycles. The first kappa shape index (κ1) is 16.5. The molecule has 0 atom stereocenters. The van der Waals surface area contributed by atoms with Gasteiger partial charge in [0, 0.05) is 32.6 Å². The van der Waals surface area contributed by atoms with E-state index in [1.165, 1.54) is 10.8 Å². The van der Waals surface area contributed by atoms with Gasteiger partial charge in [-0.1, -0.05) is 11.8 Å². The number of nitrogens with one attached hydrogen (secondary N) is 1. The molecule has 3 heterocycles. The Balaban J connectivity index is 1.89. The number of aryl methyl sites for hydroxylation is 1. The molecule has 3 aromatic rings. The molecule has 0 saturated carbocycles. The van der Waals surface area contributed by atoms with Crippen LogP contribution in [-0.2, 0) is 14.1 Å². The third-order valence-corrected chi connectivity index (χ3v) is 4.07. The lowest BCUT2D eigenvalue weighted by Gasteiger charge is -2.10. The van der Waals surface area contributed by atoms with E-state index in [1.54, 1.807) is 48.4 Å². The highest BCUT2D eigenvalue weighted by atomic mass is 16.2. The molecule has 8 nitrogen and oxygen atoms in total. The lowest BCUT2D eigenvalue weighted by atomic mass is 10.1. The van der Waals surface area contributed by atoms with E-state index in [9.17, 15) is 9.59 Å². The van der Waals surface area contributed by atoms with Crippen molar-refractivity contribution in [3.8, 4) is 11.5 Å². The van der Waals surface area contributed by atoms with Crippen molar-refractivity contribution in [1.29, 1.82) is 0 Å². The van der Waals surface area contributed by atoms with E-state index >= 15 is 0 Å². The normalized spacial score (nSPS) is 12.4. The Morgan fingerprint density at radius 2 is 2.11 bits per heavy atom. The van der Waals surface area contributed by atoms with Crippen LogP contribution >= 0.6 is 0 Å². The number of carbonyl (C=O) groups is 1. The molecular formula is C19H14N6O2. The molecule has 1 aliphatic heterocycles. The maximum Gasteiger partial charge on any atom is 0.261 e. The number of fused-ring (bicyclic) bond motifs is 1. The summed E-state index contributed by atoms with van der Waals surface area (Å²) >= 11 is 0. The predicted molar refractivity (Wildman–Crippen MR) is 100 cm³/mol. The molecule has 1 aliphatic rings. The molecule has 1 amide bonds. The van der Waals surface area contributed by atoms with Crippen molar-refractivity contribution in [1.82, 2.24) is 24.4 Å². The Morgan fingerprint density at radius 1 is 1.26 bits per heavy atom. The molecule has 2 aromatic heterocycles. The van der Waals surface area contributed by atoms with Gasteiger partial charge in [-0.05, 0) is 17.9 Å². The van der Waals surface area contributed by atoms with Gasteiger partial charge in [-0.3, -0.25) is 19.5 Å². The number of imidazole rings is 1. The van der Waals surface area contributed by atoms with E-state index in [4.69, 9.17) is 0 Å². The van der Waals surface area contributed by atoms with Crippen molar-refractivity contribution in [2.45, 2.75) is 0 Å². The first-order valence-electron chi connectivity index (χ1n) is 8.08. The quantitative estimate of drug-likeness (QED) is 0.714. The fourth-order valence-electron chi connectivity index (χ4n) is 2.76. The second-order valence-electron chi connectivity index (χ2n) is 5.94. The van der Waals surface area contributed by atoms with Crippen LogP contribution in [0.4, 0.5) is 0 Å². The van der Waals surface area contributed by atoms with Crippen molar-refractivity contribution in [2.75, 3.05) is 0 Å². The van der Waals surface area contributed by atoms with E-state index in [0.717, 1.165) is 0 Å². The molecule has 0 radical (unpaired) electrons. The zero-order valence-electron chi connectivity index (χ0n) is 14.6. The molecule has 132 valence electrons. The topological polar surface area (TPSA) is 94.2 Å². The molecule has 1 N–H and O–H groups in total. The molecule has 0 unspecified atom stereocenters. The van der Waals surface area contributed by atoms with Gasteiger partial charge in [0.05, 0.1) is 22.8 Å². The van der Waals surface area contributed by atoms with Crippen LogP contribution in [0, 0.1) is 0 Å². The van der Waals surface area contributed by atoms with Crippen LogP contribution in [0.15, 0.2) is 63.9 Å². The highest BCUT2D eigenvalue weighted by Gasteiger charge is 2.18. The number of rotatable bonds is 3. The molecule has 0 bridgehead atoms. The first-order chi connectivity index (χ1) is 13.0. The number of benzene rings is 1. The summed E-state index contributed by atoms with van der Waals surface area (Å²) < 4.78 is 3.19. The van der Waals surface area contributed by atoms with Crippen LogP contribution in [0.1, 0.15) is 10.4 Å². The fourth-order valence-corrected chi connectivity index (χ4v) is 2.76. The number of allylic oxidation sites excluding steroid dienone is 1. The minimum Gasteiger partial charge on any atom is -0.340 e. The number of carbonyl (C=O) groups excluding carboxylic acids is 1. The molecule has 0 fully saturated rings. The van der Waals surface area contributed by atoms with Crippen LogP contribution in [0.3, 0.4) is 0 Å². The van der Waals surface area contributed by atoms with E-state index in [-0.39, 0.29) is 16.9 Å². The van der Waals surface area contributed by atoms with Gasteiger partial charge in [0.1, 0.15) is 5.69 Å². The Kier molecular flexibility index (Phi) is 3.90. The largest absolute Gasteiger partial charge is 0.340 e. The lowest BCUT2D eigenvalue weighted by molar-refractivity contribution is 0.0967. The summed E-state index contributed by atoms with van der Waals surface area (Å²) in [6, 6.07) is 4.90. The maximum absolute atomic E-state index is 12.8. The van der Waals surface area contributed by atoms with Crippen LogP contribution in [-0.4, -0.2) is 31.2 Å². The van der Waals surface area contributed by atoms with Gasteiger partial charge >= 0.3 is 0 Å². The number of aromatic nitrogens is 4. The molecule has 0 saturated heterocycles. The Bertz CT molecular complexity index is 1280. The molecular weight excluding hydrogens is 344 g/mol. The average Bonchev–Trinajstić information content (AvgIpc) is 3.11. The van der Waals surface area contributed by atoms with Gasteiger partial charge in [-0.25, -0.2) is 15.0 Å². The minimum absolute atomic E-state index is 0.244. The summed E-state index contributed by atoms with van der Waals surface area (Å²) in [4.78, 5) is 38.4. The number of hydrogen-bond donors (Lipinski definition) is 1. The number of aliphatic imine (C=N–C) groups is 1. The standard InChI is InChI=1S/C19H14N6O2/c1-24-10-14(21-11-24)17-23-16-12(6-5-7-13(16)19(27)25(17)2)18(26)22-15-8-3-4-9-20-15/h4-7,9-11H,1-2H3,(H,20,22,26). The summed E-state index contributed by atoms with van der Waals surface area (Å²) in [6.07, 6.45) is 6.47. The number of hydrogen-bond acceptors (Lipinski definition) is 5. The van der Waals surface area contributed by atoms with Gasteiger partial charge in [0.25, 0.3) is 11.5 Å². The zero-order valence-corrected chi connectivity index (χ0v) is 14.6. The summed E-state index contributed by atoms with van der Waals surface area (Å²) in [6.45, 7) is 0. The third kappa shape index (κ3) is 2.91. The maximum atomic E-state index is 12.8. The van der Waals surface area contributed by atoms with Crippen LogP contribution < -0.4 is 10.9 Å². The van der Waals surface area contributed by atoms with Gasteiger partial charge in [0.15, 0.2) is 11.6 Å². The van der Waals surface area contributed by atoms with Crippen molar-refractivity contribution >= 4 is 23.0 Å². The molecule has 27 heavy (non-hydrogen) atoms. The molecule has 0 aliphatic carbocycles. The van der Waals surface area contributed by atoms with Crippen molar-refractivity contribution < 1.29 is 4.79 Å². The van der Waals surface area contributed by atoms with E-state index in [1.807, 2.05) is 7.05 Å². The van der Waals surface area contributed by atoms with E-state index < -0.39 is 5.91 Å². The van der Waals surface area contributed by atoms with Gasteiger partial charge in [-0.15, -0.1) is 0 Å². The molecule has 8 heteroatoms. The SMILES string of the molecule is Cn1cnc(-c2nc3c(C(=O)NC4=C=C=CC=N4)cccc3c(=O)n2C)c1. The Morgan fingerprint density at radius 3 is 2.81 bits per heavy atom. The van der Waals surface area contributed by atoms with Crippen molar-refractivity contribution in [3.63, 3.8) is 0 Å². The van der Waals surface area contributed by atoms with Crippen LogP contribution in [0.5, 0.6) is 0 Å². The van der Waals surface area contributed by atoms with Gasteiger partial charge in [-0.2, -0.15) is 0 Å². The van der Waals surface area contributed by atoms with Crippen LogP contribution in [0.2, 0.25) is 0 Å². The highest BCUT2D eigenvalue weighted by molar-refractivity contribution is 6.06. The average molecular weight is 358 g/mol. The monoisotopic (exact) mass is 358 g/mol. The second-order valence-corrected chi connectivity index (χ2v) is 5.94. The summed E-state index contributed by atoms with van der Waals surface area (Å²) in [7, 11) is 3.46. The second kappa shape index (κ2) is 6.38. The van der Waals surface area contributed by atoms with Gasteiger partial charge < -0.3 is 4.57 Å². The molecule has 4 rings (SSSR count). The lowest BCUT2D eigenvalue weighted by Crippen LogP contribution is -2.25. The van der Waals surface area contributed by atoms with E-state index in [2.05, 4.69) is 31.7 Å². The smallest absolute Gasteiger partial charge is 0.261 e. The summed E-state index contributed by atoms with van der Waals surface area (Å²) in [5, 5.41) is 2.99. The third-order valence-electron chi connectivity index (χ3n) is 4.07. The fraction of sp³-hybridized carbons (Fsp3) is 0.105. The zero-order chi connectivity index (χ0) is 19.0. The van der Waals surface area contributed by atoms with Gasteiger partial charge in [0.2, 0.25) is 0 Å². The molecule has 0 spiro atoms. The van der Waals surface area contributed by atoms with Crippen LogP contribution in [0.25, 0.3) is 22.4 Å². The van der Waals surface area contributed by atoms with Crippen molar-refractivity contribution in [3.05, 3.63) is 70.0 Å². The number of para-hydroxylation sites is 1. The van der Waals surface area contributed by atoms with Crippen molar-refractivity contribution in [2.24, 2.45) is 19.1 Å². The minimum atomic E-state index is -0.434. The van der Waals surface area contributed by atoms with E-state index in [0.29, 0.717) is 22.4 Å². The first-order valence-corrected chi connectivity index (χ1v) is 8.08. The predicted octanol–water partition coefficient (Wildman–Crippen LogP) is 1.30. The Hall–Kier alpha value is -3.99.